The molecule has 2 aromatic heterocycles. The fourth-order valence-electron chi connectivity index (χ4n) is 3.26. The predicted molar refractivity (Wildman–Crippen MR) is 115 cm³/mol. The molecule has 3 rings (SSSR count). The number of pyridine rings is 2. The molecule has 160 valence electrons. The Morgan fingerprint density at radius 2 is 1.84 bits per heavy atom. The molecular weight excluding hydrogens is 400 g/mol. The SMILES string of the molecule is CCC(=O)N(C)c1ccc(-c2ccc(C(=O)CCc3ccc(F)nc3F)cn2)c(C)c1. The van der Waals surface area contributed by atoms with Crippen LogP contribution in [0.3, 0.4) is 0 Å². The van der Waals surface area contributed by atoms with Gasteiger partial charge in [-0.1, -0.05) is 13.0 Å². The first-order valence-corrected chi connectivity index (χ1v) is 9.98. The second-order valence-corrected chi connectivity index (χ2v) is 7.24. The Morgan fingerprint density at radius 3 is 2.45 bits per heavy atom. The molecule has 0 fully saturated rings. The van der Waals surface area contributed by atoms with Gasteiger partial charge in [0.05, 0.1) is 5.69 Å². The quantitative estimate of drug-likeness (QED) is 0.400. The van der Waals surface area contributed by atoms with Gasteiger partial charge >= 0.3 is 0 Å². The molecule has 2 heterocycles. The third-order valence-electron chi connectivity index (χ3n) is 5.15. The van der Waals surface area contributed by atoms with Crippen molar-refractivity contribution in [3.63, 3.8) is 0 Å². The molecule has 0 radical (unpaired) electrons. The Kier molecular flexibility index (Phi) is 6.84. The fourth-order valence-corrected chi connectivity index (χ4v) is 3.26. The van der Waals surface area contributed by atoms with Gasteiger partial charge in [0.2, 0.25) is 17.8 Å². The van der Waals surface area contributed by atoms with Crippen molar-refractivity contribution >= 4 is 17.4 Å². The number of carbonyl (C=O) groups is 2. The molecule has 0 saturated heterocycles. The summed E-state index contributed by atoms with van der Waals surface area (Å²) < 4.78 is 26.5. The van der Waals surface area contributed by atoms with Gasteiger partial charge in [-0.2, -0.15) is 13.8 Å². The maximum atomic E-state index is 13.6. The third-order valence-corrected chi connectivity index (χ3v) is 5.15. The predicted octanol–water partition coefficient (Wildman–Crippen LogP) is 4.92. The summed E-state index contributed by atoms with van der Waals surface area (Å²) in [7, 11) is 1.74. The van der Waals surface area contributed by atoms with Crippen LogP contribution in [0.15, 0.2) is 48.7 Å². The van der Waals surface area contributed by atoms with E-state index in [9.17, 15) is 18.4 Å². The van der Waals surface area contributed by atoms with E-state index < -0.39 is 11.9 Å². The first kappa shape index (κ1) is 22.2. The molecule has 0 aliphatic carbocycles. The molecular formula is C24H23F2N3O2. The lowest BCUT2D eigenvalue weighted by molar-refractivity contribution is -0.118. The van der Waals surface area contributed by atoms with Gasteiger partial charge in [0.1, 0.15) is 0 Å². The van der Waals surface area contributed by atoms with E-state index in [0.29, 0.717) is 17.7 Å². The van der Waals surface area contributed by atoms with Gasteiger partial charge in [-0.05, 0) is 55.3 Å². The van der Waals surface area contributed by atoms with Gasteiger partial charge in [-0.25, -0.2) is 0 Å². The number of anilines is 1. The number of amides is 1. The van der Waals surface area contributed by atoms with E-state index in [1.165, 1.54) is 12.3 Å². The summed E-state index contributed by atoms with van der Waals surface area (Å²) >= 11 is 0. The molecule has 0 aliphatic rings. The van der Waals surface area contributed by atoms with E-state index in [1.54, 1.807) is 24.1 Å². The van der Waals surface area contributed by atoms with Gasteiger partial charge in [0, 0.05) is 48.5 Å². The van der Waals surface area contributed by atoms with Crippen LogP contribution in [0.2, 0.25) is 0 Å². The fraction of sp³-hybridized carbons (Fsp3) is 0.250. The summed E-state index contributed by atoms with van der Waals surface area (Å²) in [5, 5.41) is 0. The van der Waals surface area contributed by atoms with Crippen LogP contribution in [0.25, 0.3) is 11.3 Å². The number of aryl methyl sites for hydroxylation is 2. The summed E-state index contributed by atoms with van der Waals surface area (Å²) in [6.45, 7) is 3.76. The van der Waals surface area contributed by atoms with Crippen molar-refractivity contribution in [1.29, 1.82) is 0 Å². The number of ketones is 1. The van der Waals surface area contributed by atoms with E-state index in [1.807, 2.05) is 32.0 Å². The number of hydrogen-bond donors (Lipinski definition) is 0. The monoisotopic (exact) mass is 423 g/mol. The standard InChI is InChI=1S/C24H23F2N3O2/c1-4-23(31)29(3)18-8-9-19(15(2)13-18)20-10-5-17(14-27-20)21(30)11-6-16-7-12-22(25)28-24(16)26/h5,7-10,12-14H,4,6,11H2,1-3H3. The zero-order valence-corrected chi connectivity index (χ0v) is 17.7. The van der Waals surface area contributed by atoms with Gasteiger partial charge in [-0.15, -0.1) is 0 Å². The van der Waals surface area contributed by atoms with Crippen molar-refractivity contribution in [3.05, 3.63) is 77.2 Å². The second-order valence-electron chi connectivity index (χ2n) is 7.24. The molecule has 1 amide bonds. The number of halogens is 2. The lowest BCUT2D eigenvalue weighted by Crippen LogP contribution is -2.25. The van der Waals surface area contributed by atoms with Gasteiger partial charge in [0.25, 0.3) is 0 Å². The number of benzene rings is 1. The lowest BCUT2D eigenvalue weighted by Gasteiger charge is -2.18. The molecule has 31 heavy (non-hydrogen) atoms. The number of Topliss-reactive ketones (excluding diaryl/α,β-unsaturated/α-hetero) is 1. The van der Waals surface area contributed by atoms with Crippen molar-refractivity contribution in [2.75, 3.05) is 11.9 Å². The van der Waals surface area contributed by atoms with E-state index in [-0.39, 0.29) is 30.1 Å². The normalized spacial score (nSPS) is 10.7. The maximum absolute atomic E-state index is 13.6. The molecule has 1 aromatic carbocycles. The van der Waals surface area contributed by atoms with Crippen LogP contribution in [0.4, 0.5) is 14.5 Å². The number of carbonyl (C=O) groups excluding carboxylic acids is 2. The lowest BCUT2D eigenvalue weighted by atomic mass is 10.0. The highest BCUT2D eigenvalue weighted by atomic mass is 19.1. The Labute approximate surface area is 179 Å². The Hall–Kier alpha value is -3.48. The molecule has 0 N–H and O–H groups in total. The van der Waals surface area contributed by atoms with E-state index in [0.717, 1.165) is 22.9 Å². The van der Waals surface area contributed by atoms with Gasteiger partial charge in [0.15, 0.2) is 5.78 Å². The van der Waals surface area contributed by atoms with Crippen LogP contribution >= 0.6 is 0 Å². The second kappa shape index (κ2) is 9.55. The molecule has 0 spiro atoms. The van der Waals surface area contributed by atoms with Crippen LogP contribution in [0.1, 0.15) is 41.3 Å². The van der Waals surface area contributed by atoms with Crippen molar-refractivity contribution < 1.29 is 18.4 Å². The van der Waals surface area contributed by atoms with Crippen LogP contribution in [-0.2, 0) is 11.2 Å². The van der Waals surface area contributed by atoms with Crippen molar-refractivity contribution in [2.24, 2.45) is 0 Å². The molecule has 7 heteroatoms. The smallest absolute Gasteiger partial charge is 0.226 e. The van der Waals surface area contributed by atoms with E-state index >= 15 is 0 Å². The zero-order chi connectivity index (χ0) is 22.5. The highest BCUT2D eigenvalue weighted by molar-refractivity contribution is 5.96. The van der Waals surface area contributed by atoms with Crippen LogP contribution in [0.5, 0.6) is 0 Å². The molecule has 5 nitrogen and oxygen atoms in total. The molecule has 0 atom stereocenters. The van der Waals surface area contributed by atoms with Gasteiger partial charge in [-0.3, -0.25) is 14.6 Å². The number of rotatable bonds is 7. The molecule has 3 aromatic rings. The molecule has 0 unspecified atom stereocenters. The van der Waals surface area contributed by atoms with Crippen molar-refractivity contribution in [2.45, 2.75) is 33.1 Å². The zero-order valence-electron chi connectivity index (χ0n) is 17.7. The summed E-state index contributed by atoms with van der Waals surface area (Å²) in [5.74, 6) is -1.94. The van der Waals surface area contributed by atoms with E-state index in [2.05, 4.69) is 9.97 Å². The molecule has 0 bridgehead atoms. The first-order valence-electron chi connectivity index (χ1n) is 9.98. The minimum atomic E-state index is -0.897. The minimum absolute atomic E-state index is 0.0319. The highest BCUT2D eigenvalue weighted by Crippen LogP contribution is 2.26. The molecule has 0 saturated carbocycles. The van der Waals surface area contributed by atoms with E-state index in [4.69, 9.17) is 0 Å². The van der Waals surface area contributed by atoms with Crippen molar-refractivity contribution in [3.8, 4) is 11.3 Å². The van der Waals surface area contributed by atoms with Crippen LogP contribution in [-0.4, -0.2) is 28.7 Å². The average Bonchev–Trinajstić information content (AvgIpc) is 2.77. The Bertz CT molecular complexity index is 1110. The summed E-state index contributed by atoms with van der Waals surface area (Å²) in [6, 6.07) is 11.5. The number of hydrogen-bond acceptors (Lipinski definition) is 4. The summed E-state index contributed by atoms with van der Waals surface area (Å²) in [5.41, 5.74) is 3.99. The van der Waals surface area contributed by atoms with Crippen LogP contribution < -0.4 is 4.90 Å². The van der Waals surface area contributed by atoms with Crippen LogP contribution in [0, 0.1) is 18.8 Å². The summed E-state index contributed by atoms with van der Waals surface area (Å²) in [4.78, 5) is 33.5. The average molecular weight is 423 g/mol. The largest absolute Gasteiger partial charge is 0.316 e. The number of aromatic nitrogens is 2. The van der Waals surface area contributed by atoms with Crippen molar-refractivity contribution in [1.82, 2.24) is 9.97 Å². The maximum Gasteiger partial charge on any atom is 0.226 e. The minimum Gasteiger partial charge on any atom is -0.316 e. The van der Waals surface area contributed by atoms with Gasteiger partial charge < -0.3 is 4.90 Å². The Balaban J connectivity index is 1.70. The molecule has 0 aliphatic heterocycles. The Morgan fingerprint density at radius 1 is 1.06 bits per heavy atom. The third kappa shape index (κ3) is 5.17. The topological polar surface area (TPSA) is 63.2 Å². The highest BCUT2D eigenvalue weighted by Gasteiger charge is 2.13. The first-order chi connectivity index (χ1) is 14.8. The summed E-state index contributed by atoms with van der Waals surface area (Å²) in [6.07, 6.45) is 2.12. The number of nitrogens with zero attached hydrogens (tertiary/aromatic N) is 3.